The summed E-state index contributed by atoms with van der Waals surface area (Å²) >= 11 is 0. The summed E-state index contributed by atoms with van der Waals surface area (Å²) in [6, 6.07) is 6.77. The summed E-state index contributed by atoms with van der Waals surface area (Å²) in [4.78, 5) is 4.26. The molecule has 0 saturated carbocycles. The zero-order valence-corrected chi connectivity index (χ0v) is 11.4. The van der Waals surface area contributed by atoms with Crippen LogP contribution in [-0.4, -0.2) is 30.1 Å². The third-order valence-corrected chi connectivity index (χ3v) is 4.16. The maximum absolute atomic E-state index is 12.0. The van der Waals surface area contributed by atoms with Gasteiger partial charge in [0.15, 0.2) is 0 Å². The zero-order chi connectivity index (χ0) is 13.7. The molecule has 1 aromatic carbocycles. The monoisotopic (exact) mass is 280 g/mol. The van der Waals surface area contributed by atoms with Crippen LogP contribution in [0.4, 0.5) is 0 Å². The number of aromatic nitrogens is 3. The van der Waals surface area contributed by atoms with Gasteiger partial charge in [0.2, 0.25) is 10.0 Å². The van der Waals surface area contributed by atoms with Crippen LogP contribution >= 0.6 is 0 Å². The predicted octanol–water partition coefficient (Wildman–Crippen LogP) is 1.02. The van der Waals surface area contributed by atoms with Crippen LogP contribution in [0, 0.1) is 6.92 Å². The Morgan fingerprint density at radius 3 is 2.63 bits per heavy atom. The Labute approximate surface area is 112 Å². The fourth-order valence-electron chi connectivity index (χ4n) is 1.61. The second kappa shape index (κ2) is 5.94. The van der Waals surface area contributed by atoms with Crippen LogP contribution in [0.1, 0.15) is 17.8 Å². The van der Waals surface area contributed by atoms with E-state index in [4.69, 9.17) is 0 Å². The van der Waals surface area contributed by atoms with E-state index in [1.165, 1.54) is 6.33 Å². The minimum absolute atomic E-state index is 0.290. The average molecular weight is 280 g/mol. The zero-order valence-electron chi connectivity index (χ0n) is 10.6. The number of hydrogen-bond acceptors (Lipinski definition) is 4. The van der Waals surface area contributed by atoms with E-state index in [0.717, 1.165) is 11.4 Å². The first-order valence-corrected chi connectivity index (χ1v) is 7.47. The van der Waals surface area contributed by atoms with Gasteiger partial charge in [-0.1, -0.05) is 17.7 Å². The highest BCUT2D eigenvalue weighted by Gasteiger charge is 2.12. The van der Waals surface area contributed by atoms with E-state index >= 15 is 0 Å². The first-order valence-electron chi connectivity index (χ1n) is 5.98. The molecule has 0 bridgehead atoms. The lowest BCUT2D eigenvalue weighted by atomic mass is 10.2. The van der Waals surface area contributed by atoms with Crippen molar-refractivity contribution < 1.29 is 8.42 Å². The van der Waals surface area contributed by atoms with Crippen LogP contribution < -0.4 is 4.72 Å². The molecule has 0 aliphatic heterocycles. The van der Waals surface area contributed by atoms with Crippen LogP contribution in [0.15, 0.2) is 35.5 Å². The molecule has 0 fully saturated rings. The van der Waals surface area contributed by atoms with Crippen LogP contribution in [0.25, 0.3) is 0 Å². The molecule has 19 heavy (non-hydrogen) atoms. The number of hydrogen-bond donors (Lipinski definition) is 2. The lowest BCUT2D eigenvalue weighted by Crippen LogP contribution is -2.25. The molecule has 0 spiro atoms. The fourth-order valence-corrected chi connectivity index (χ4v) is 2.69. The first kappa shape index (κ1) is 13.7. The summed E-state index contributed by atoms with van der Waals surface area (Å²) in [6.45, 7) is 2.29. The van der Waals surface area contributed by atoms with Gasteiger partial charge >= 0.3 is 0 Å². The Kier molecular flexibility index (Phi) is 4.28. The van der Waals surface area contributed by atoms with Crippen molar-refractivity contribution in [3.8, 4) is 0 Å². The summed E-state index contributed by atoms with van der Waals surface area (Å²) in [5.41, 5.74) is 1.03. The summed E-state index contributed by atoms with van der Waals surface area (Å²) in [6.07, 6.45) is 2.77. The lowest BCUT2D eigenvalue weighted by molar-refractivity contribution is 0.578. The molecular formula is C12H16N4O2S. The van der Waals surface area contributed by atoms with Gasteiger partial charge in [-0.2, -0.15) is 5.10 Å². The van der Waals surface area contributed by atoms with Crippen molar-refractivity contribution in [2.24, 2.45) is 0 Å². The van der Waals surface area contributed by atoms with Crippen molar-refractivity contribution in [2.45, 2.75) is 24.7 Å². The Bertz CT molecular complexity index is 606. The standard InChI is InChI=1S/C12H16N4O2S/c1-10-4-6-11(7-5-10)19(17,18)15-8-2-3-12-13-9-14-16-12/h4-7,9,15H,2-3,8H2,1H3,(H,13,14,16). The maximum atomic E-state index is 12.0. The molecule has 0 atom stereocenters. The molecule has 2 aromatic rings. The quantitative estimate of drug-likeness (QED) is 0.773. The molecule has 7 heteroatoms. The van der Waals surface area contributed by atoms with Crippen LogP contribution in [-0.2, 0) is 16.4 Å². The van der Waals surface area contributed by atoms with Crippen molar-refractivity contribution in [3.63, 3.8) is 0 Å². The maximum Gasteiger partial charge on any atom is 0.240 e. The number of aromatic amines is 1. The van der Waals surface area contributed by atoms with Gasteiger partial charge in [0.1, 0.15) is 12.2 Å². The molecule has 2 N–H and O–H groups in total. The van der Waals surface area contributed by atoms with Crippen LogP contribution in [0.3, 0.4) is 0 Å². The fraction of sp³-hybridized carbons (Fsp3) is 0.333. The van der Waals surface area contributed by atoms with Gasteiger partial charge in [-0.05, 0) is 25.5 Å². The molecule has 0 saturated heterocycles. The minimum atomic E-state index is -3.41. The van der Waals surface area contributed by atoms with Gasteiger partial charge in [-0.25, -0.2) is 18.1 Å². The Hall–Kier alpha value is -1.73. The van der Waals surface area contributed by atoms with Gasteiger partial charge in [0, 0.05) is 13.0 Å². The van der Waals surface area contributed by atoms with Crippen molar-refractivity contribution >= 4 is 10.0 Å². The molecule has 0 unspecified atom stereocenters. The molecule has 1 aromatic heterocycles. The van der Waals surface area contributed by atoms with Gasteiger partial charge in [-0.15, -0.1) is 0 Å². The topological polar surface area (TPSA) is 87.7 Å². The third kappa shape index (κ3) is 3.87. The minimum Gasteiger partial charge on any atom is -0.263 e. The molecule has 6 nitrogen and oxygen atoms in total. The molecular weight excluding hydrogens is 264 g/mol. The van der Waals surface area contributed by atoms with Gasteiger partial charge in [0.05, 0.1) is 4.90 Å². The van der Waals surface area contributed by atoms with Gasteiger partial charge in [0.25, 0.3) is 0 Å². The average Bonchev–Trinajstić information content (AvgIpc) is 2.88. The molecule has 0 radical (unpaired) electrons. The number of nitrogens with zero attached hydrogens (tertiary/aromatic N) is 2. The van der Waals surface area contributed by atoms with Crippen molar-refractivity contribution in [1.29, 1.82) is 0 Å². The number of H-pyrrole nitrogens is 1. The summed E-state index contributed by atoms with van der Waals surface area (Å²) < 4.78 is 26.5. The Balaban J connectivity index is 1.86. The van der Waals surface area contributed by atoms with Gasteiger partial charge in [-0.3, -0.25) is 5.10 Å². The van der Waals surface area contributed by atoms with E-state index in [2.05, 4.69) is 19.9 Å². The number of sulfonamides is 1. The summed E-state index contributed by atoms with van der Waals surface area (Å²) in [7, 11) is -3.41. The Morgan fingerprint density at radius 1 is 1.26 bits per heavy atom. The van der Waals surface area contributed by atoms with E-state index in [0.29, 0.717) is 19.4 Å². The highest BCUT2D eigenvalue weighted by molar-refractivity contribution is 7.89. The predicted molar refractivity (Wildman–Crippen MR) is 71.1 cm³/mol. The van der Waals surface area contributed by atoms with Crippen LogP contribution in [0.5, 0.6) is 0 Å². The lowest BCUT2D eigenvalue weighted by Gasteiger charge is -2.06. The van der Waals surface area contributed by atoms with Crippen molar-refractivity contribution in [2.75, 3.05) is 6.54 Å². The van der Waals surface area contributed by atoms with E-state index < -0.39 is 10.0 Å². The summed E-state index contributed by atoms with van der Waals surface area (Å²) in [5, 5.41) is 6.47. The van der Waals surface area contributed by atoms with Crippen LogP contribution in [0.2, 0.25) is 0 Å². The Morgan fingerprint density at radius 2 is 2.00 bits per heavy atom. The van der Waals surface area contributed by atoms with Crippen molar-refractivity contribution in [1.82, 2.24) is 19.9 Å². The first-order chi connectivity index (χ1) is 9.08. The second-order valence-electron chi connectivity index (χ2n) is 4.25. The number of nitrogens with one attached hydrogen (secondary N) is 2. The normalized spacial score (nSPS) is 11.6. The molecule has 2 rings (SSSR count). The molecule has 1 heterocycles. The SMILES string of the molecule is Cc1ccc(S(=O)(=O)NCCCc2ncn[nH]2)cc1. The molecule has 0 amide bonds. The number of rotatable bonds is 6. The molecule has 0 aliphatic rings. The van der Waals surface area contributed by atoms with Crippen molar-refractivity contribution in [3.05, 3.63) is 42.0 Å². The molecule has 0 aliphatic carbocycles. The van der Waals surface area contributed by atoms with E-state index in [9.17, 15) is 8.42 Å². The smallest absolute Gasteiger partial charge is 0.240 e. The van der Waals surface area contributed by atoms with E-state index in [1.807, 2.05) is 6.92 Å². The third-order valence-electron chi connectivity index (χ3n) is 2.68. The number of aryl methyl sites for hydroxylation is 2. The largest absolute Gasteiger partial charge is 0.263 e. The highest BCUT2D eigenvalue weighted by atomic mass is 32.2. The summed E-state index contributed by atoms with van der Waals surface area (Å²) in [5.74, 6) is 0.759. The van der Waals surface area contributed by atoms with E-state index in [-0.39, 0.29) is 4.90 Å². The van der Waals surface area contributed by atoms with Gasteiger partial charge < -0.3 is 0 Å². The molecule has 102 valence electrons. The number of benzene rings is 1. The van der Waals surface area contributed by atoms with E-state index in [1.54, 1.807) is 24.3 Å². The second-order valence-corrected chi connectivity index (χ2v) is 6.01. The highest BCUT2D eigenvalue weighted by Crippen LogP contribution is 2.09.